The SMILES string of the molecule is O=C(NCC1=NOC(Cc2ccccc2)(C(=O)N[C@@H](Cc2ccccc2)B(O)O)C1)c1cccn2cnnc12. The molecule has 198 valence electrons. The van der Waals surface area contributed by atoms with Gasteiger partial charge in [0.15, 0.2) is 5.65 Å². The maximum absolute atomic E-state index is 13.7. The average Bonchev–Trinajstić information content (AvgIpc) is 3.60. The van der Waals surface area contributed by atoms with Gasteiger partial charge in [-0.3, -0.25) is 14.0 Å². The largest absolute Gasteiger partial charge is 0.475 e. The normalized spacial score (nSPS) is 17.2. The van der Waals surface area contributed by atoms with E-state index in [-0.39, 0.29) is 31.7 Å². The molecule has 3 heterocycles. The number of oxime groups is 1. The third kappa shape index (κ3) is 5.97. The van der Waals surface area contributed by atoms with Gasteiger partial charge < -0.3 is 25.5 Å². The molecule has 0 bridgehead atoms. The molecule has 0 fully saturated rings. The monoisotopic (exact) mass is 526 g/mol. The molecule has 0 aliphatic carbocycles. The van der Waals surface area contributed by atoms with Crippen molar-refractivity contribution in [1.29, 1.82) is 0 Å². The molecule has 2 aromatic carbocycles. The van der Waals surface area contributed by atoms with Gasteiger partial charge in [0.25, 0.3) is 11.8 Å². The van der Waals surface area contributed by atoms with Crippen molar-refractivity contribution in [3.8, 4) is 0 Å². The van der Waals surface area contributed by atoms with Gasteiger partial charge in [-0.2, -0.15) is 0 Å². The number of nitrogens with zero attached hydrogens (tertiary/aromatic N) is 4. The van der Waals surface area contributed by atoms with Crippen LogP contribution >= 0.6 is 0 Å². The third-order valence-electron chi connectivity index (χ3n) is 6.58. The Morgan fingerprint density at radius 1 is 1.03 bits per heavy atom. The first-order chi connectivity index (χ1) is 18.9. The number of nitrogens with one attached hydrogen (secondary N) is 2. The fourth-order valence-electron chi connectivity index (χ4n) is 4.57. The Kier molecular flexibility index (Phi) is 7.66. The Morgan fingerprint density at radius 3 is 2.46 bits per heavy atom. The van der Waals surface area contributed by atoms with Crippen LogP contribution in [-0.2, 0) is 22.5 Å². The first-order valence-electron chi connectivity index (χ1n) is 12.5. The average molecular weight is 526 g/mol. The van der Waals surface area contributed by atoms with Crippen LogP contribution in [-0.4, -0.2) is 67.4 Å². The molecule has 0 spiro atoms. The Morgan fingerprint density at radius 2 is 1.74 bits per heavy atom. The predicted octanol–water partition coefficient (Wildman–Crippen LogP) is 0.956. The van der Waals surface area contributed by atoms with Crippen LogP contribution in [0.2, 0.25) is 0 Å². The van der Waals surface area contributed by atoms with Gasteiger partial charge in [0.1, 0.15) is 6.33 Å². The number of aromatic nitrogens is 3. The quantitative estimate of drug-likeness (QED) is 0.225. The number of carbonyl (C=O) groups is 2. The number of carbonyl (C=O) groups excluding carboxylic acids is 2. The number of fused-ring (bicyclic) bond motifs is 1. The van der Waals surface area contributed by atoms with Crippen LogP contribution in [0.4, 0.5) is 0 Å². The van der Waals surface area contributed by atoms with Crippen molar-refractivity contribution in [2.75, 3.05) is 6.54 Å². The van der Waals surface area contributed by atoms with E-state index >= 15 is 0 Å². The van der Waals surface area contributed by atoms with E-state index in [0.717, 1.165) is 11.1 Å². The summed E-state index contributed by atoms with van der Waals surface area (Å²) in [5.41, 5.74) is 1.48. The van der Waals surface area contributed by atoms with Gasteiger partial charge in [0.2, 0.25) is 5.60 Å². The molecule has 2 amide bonds. The summed E-state index contributed by atoms with van der Waals surface area (Å²) in [6.07, 6.45) is 3.75. The Bertz CT molecular complexity index is 1480. The lowest BCUT2D eigenvalue weighted by atomic mass is 9.75. The highest BCUT2D eigenvalue weighted by Gasteiger charge is 2.48. The Hall–Kier alpha value is -4.55. The number of pyridine rings is 1. The van der Waals surface area contributed by atoms with Gasteiger partial charge in [0.05, 0.1) is 23.8 Å². The molecule has 2 atom stereocenters. The maximum atomic E-state index is 13.7. The van der Waals surface area contributed by atoms with Gasteiger partial charge >= 0.3 is 7.12 Å². The first kappa shape index (κ1) is 26.1. The molecule has 0 saturated carbocycles. The minimum Gasteiger partial charge on any atom is -0.426 e. The number of amides is 2. The predicted molar refractivity (Wildman–Crippen MR) is 144 cm³/mol. The van der Waals surface area contributed by atoms with Crippen molar-refractivity contribution >= 4 is 30.3 Å². The highest BCUT2D eigenvalue weighted by Crippen LogP contribution is 2.29. The number of rotatable bonds is 10. The van der Waals surface area contributed by atoms with Crippen molar-refractivity contribution < 1.29 is 24.5 Å². The van der Waals surface area contributed by atoms with E-state index in [4.69, 9.17) is 4.84 Å². The third-order valence-corrected chi connectivity index (χ3v) is 6.58. The van der Waals surface area contributed by atoms with Crippen LogP contribution in [0.25, 0.3) is 5.65 Å². The molecule has 4 N–H and O–H groups in total. The van der Waals surface area contributed by atoms with E-state index in [1.54, 1.807) is 22.7 Å². The second-order valence-electron chi connectivity index (χ2n) is 9.43. The first-order valence-corrected chi connectivity index (χ1v) is 12.5. The summed E-state index contributed by atoms with van der Waals surface area (Å²) in [5.74, 6) is -1.87. The second kappa shape index (κ2) is 11.5. The zero-order valence-electron chi connectivity index (χ0n) is 21.0. The van der Waals surface area contributed by atoms with Crippen LogP contribution in [0.1, 0.15) is 27.9 Å². The summed E-state index contributed by atoms with van der Waals surface area (Å²) >= 11 is 0. The summed E-state index contributed by atoms with van der Waals surface area (Å²) in [5, 5.41) is 37.6. The standard InChI is InChI=1S/C27H27BN6O5/c35-25(22-12-7-13-34-18-30-32-24(22)34)29-17-21-16-27(39-33-21,15-20-10-5-2-6-11-20)26(36)31-23(28(37)38)14-19-8-3-1-4-9-19/h1-13,18,23,37-38H,14-17H2,(H,29,35)(H,31,36)/t23-,27?/m0/s1. The molecule has 0 saturated heterocycles. The van der Waals surface area contributed by atoms with Gasteiger partial charge in [-0.15, -0.1) is 10.2 Å². The Balaban J connectivity index is 1.30. The molecule has 1 aliphatic rings. The number of benzene rings is 2. The molecular formula is C27H27BN6O5. The number of hydrogen-bond donors (Lipinski definition) is 4. The van der Waals surface area contributed by atoms with Gasteiger partial charge in [-0.1, -0.05) is 65.8 Å². The summed E-state index contributed by atoms with van der Waals surface area (Å²) < 4.78 is 1.64. The lowest BCUT2D eigenvalue weighted by Gasteiger charge is -2.28. The minimum atomic E-state index is -1.79. The van der Waals surface area contributed by atoms with Crippen molar-refractivity contribution in [3.05, 3.63) is 102 Å². The molecule has 11 nitrogen and oxygen atoms in total. The van der Waals surface area contributed by atoms with Crippen molar-refractivity contribution in [2.45, 2.75) is 30.8 Å². The fraction of sp³-hybridized carbons (Fsp3) is 0.222. The van der Waals surface area contributed by atoms with Crippen LogP contribution in [0.3, 0.4) is 0 Å². The van der Waals surface area contributed by atoms with E-state index in [1.807, 2.05) is 60.7 Å². The molecule has 1 aliphatic heterocycles. The molecule has 0 radical (unpaired) electrons. The van der Waals surface area contributed by atoms with Crippen LogP contribution in [0.15, 0.2) is 90.5 Å². The van der Waals surface area contributed by atoms with Crippen molar-refractivity contribution in [1.82, 2.24) is 25.2 Å². The van der Waals surface area contributed by atoms with Crippen LogP contribution in [0, 0.1) is 0 Å². The fourth-order valence-corrected chi connectivity index (χ4v) is 4.57. The topological polar surface area (TPSA) is 150 Å². The summed E-state index contributed by atoms with van der Waals surface area (Å²) in [7, 11) is -1.79. The van der Waals surface area contributed by atoms with E-state index in [9.17, 15) is 19.6 Å². The molecule has 39 heavy (non-hydrogen) atoms. The molecule has 2 aromatic heterocycles. The van der Waals surface area contributed by atoms with E-state index in [1.165, 1.54) is 6.33 Å². The maximum Gasteiger partial charge on any atom is 0.475 e. The van der Waals surface area contributed by atoms with Gasteiger partial charge in [-0.05, 0) is 29.7 Å². The van der Waals surface area contributed by atoms with Crippen molar-refractivity contribution in [3.63, 3.8) is 0 Å². The van der Waals surface area contributed by atoms with E-state index in [0.29, 0.717) is 16.9 Å². The zero-order valence-corrected chi connectivity index (χ0v) is 21.0. The molecule has 5 rings (SSSR count). The van der Waals surface area contributed by atoms with Crippen LogP contribution < -0.4 is 10.6 Å². The minimum absolute atomic E-state index is 0.0495. The highest BCUT2D eigenvalue weighted by atomic mass is 16.7. The molecule has 4 aromatic rings. The van der Waals surface area contributed by atoms with Gasteiger partial charge in [0, 0.05) is 19.0 Å². The lowest BCUT2D eigenvalue weighted by molar-refractivity contribution is -0.144. The zero-order chi connectivity index (χ0) is 27.2. The number of hydrogen-bond acceptors (Lipinski definition) is 8. The van der Waals surface area contributed by atoms with E-state index in [2.05, 4.69) is 26.0 Å². The second-order valence-corrected chi connectivity index (χ2v) is 9.43. The summed E-state index contributed by atoms with van der Waals surface area (Å²) in [6.45, 7) is 0.0495. The van der Waals surface area contributed by atoms with E-state index < -0.39 is 24.6 Å². The summed E-state index contributed by atoms with van der Waals surface area (Å²) in [6, 6.07) is 21.9. The summed E-state index contributed by atoms with van der Waals surface area (Å²) in [4.78, 5) is 32.3. The Labute approximate surface area is 224 Å². The molecule has 12 heteroatoms. The van der Waals surface area contributed by atoms with Crippen molar-refractivity contribution in [2.24, 2.45) is 5.16 Å². The molecular weight excluding hydrogens is 499 g/mol. The smallest absolute Gasteiger partial charge is 0.426 e. The van der Waals surface area contributed by atoms with Gasteiger partial charge in [-0.25, -0.2) is 0 Å². The molecule has 1 unspecified atom stereocenters. The lowest BCUT2D eigenvalue weighted by Crippen LogP contribution is -2.56. The van der Waals surface area contributed by atoms with Crippen LogP contribution in [0.5, 0.6) is 0 Å². The highest BCUT2D eigenvalue weighted by molar-refractivity contribution is 6.43.